The quantitative estimate of drug-likeness (QED) is 0.551. The summed E-state index contributed by atoms with van der Waals surface area (Å²) in [5.74, 6) is -0.174. The molecule has 4 heteroatoms. The van der Waals surface area contributed by atoms with Crippen molar-refractivity contribution in [3.05, 3.63) is 0 Å². The number of esters is 1. The molecule has 0 aliphatic carbocycles. The third kappa shape index (κ3) is 3.11. The van der Waals surface area contributed by atoms with Gasteiger partial charge in [0, 0.05) is 18.9 Å². The van der Waals surface area contributed by atoms with Gasteiger partial charge >= 0.3 is 5.97 Å². The Hall–Kier alpha value is -0.610. The van der Waals surface area contributed by atoms with Crippen LogP contribution in [0.1, 0.15) is 71.6 Å². The minimum absolute atomic E-state index is 0.174. The van der Waals surface area contributed by atoms with Crippen LogP contribution in [0.3, 0.4) is 0 Å². The van der Waals surface area contributed by atoms with E-state index in [4.69, 9.17) is 4.74 Å². The number of carbonyl (C=O) groups excluding carboxylic acids is 1. The molecule has 0 amide bonds. The molecule has 2 heterocycles. The van der Waals surface area contributed by atoms with Crippen molar-refractivity contribution in [2.75, 3.05) is 0 Å². The topological polar surface area (TPSA) is 58.6 Å². The number of rotatable bonds is 7. The van der Waals surface area contributed by atoms with E-state index < -0.39 is 11.3 Å². The Bertz CT molecular complexity index is 329. The largest absolute Gasteiger partial charge is 0.441 e. The molecule has 2 aliphatic heterocycles. The summed E-state index contributed by atoms with van der Waals surface area (Å²) >= 11 is 0. The molecule has 0 radical (unpaired) electrons. The van der Waals surface area contributed by atoms with Gasteiger partial charge in [0.25, 0.3) is 0 Å². The van der Waals surface area contributed by atoms with Gasteiger partial charge in [-0.3, -0.25) is 10.1 Å². The van der Waals surface area contributed by atoms with Crippen LogP contribution in [-0.2, 0) is 9.53 Å². The van der Waals surface area contributed by atoms with Gasteiger partial charge in [-0.25, -0.2) is 0 Å². The molecule has 0 aromatic rings. The molecule has 110 valence electrons. The highest BCUT2D eigenvalue weighted by molar-refractivity contribution is 5.70. The third-order valence-electron chi connectivity index (χ3n) is 4.57. The maximum Gasteiger partial charge on any atom is 0.307 e. The molecule has 4 nitrogen and oxygen atoms in total. The van der Waals surface area contributed by atoms with Crippen LogP contribution in [0.5, 0.6) is 0 Å². The van der Waals surface area contributed by atoms with Gasteiger partial charge in [0.2, 0.25) is 0 Å². The molecule has 2 bridgehead atoms. The minimum atomic E-state index is -0.923. The monoisotopic (exact) mass is 269 g/mol. The van der Waals surface area contributed by atoms with E-state index in [1.165, 1.54) is 19.3 Å². The molecule has 0 aromatic carbocycles. The summed E-state index contributed by atoms with van der Waals surface area (Å²) in [6, 6.07) is 0.298. The minimum Gasteiger partial charge on any atom is -0.441 e. The summed E-state index contributed by atoms with van der Waals surface area (Å²) in [5.41, 5.74) is -1.74. The van der Waals surface area contributed by atoms with E-state index in [0.29, 0.717) is 18.9 Å². The maximum atomic E-state index is 11.9. The van der Waals surface area contributed by atoms with Gasteiger partial charge in [0.05, 0.1) is 0 Å². The van der Waals surface area contributed by atoms with Crippen molar-refractivity contribution >= 4 is 5.97 Å². The van der Waals surface area contributed by atoms with Gasteiger partial charge in [-0.05, 0) is 26.2 Å². The Morgan fingerprint density at radius 3 is 2.68 bits per heavy atom. The fourth-order valence-corrected chi connectivity index (χ4v) is 3.38. The van der Waals surface area contributed by atoms with Gasteiger partial charge in [-0.2, -0.15) is 0 Å². The Kier molecular flexibility index (Phi) is 4.51. The van der Waals surface area contributed by atoms with E-state index in [9.17, 15) is 9.90 Å². The lowest BCUT2D eigenvalue weighted by molar-refractivity contribution is -0.191. The number of hydrogen-bond acceptors (Lipinski definition) is 4. The van der Waals surface area contributed by atoms with Crippen molar-refractivity contribution in [1.29, 1.82) is 0 Å². The molecule has 2 N–H and O–H groups in total. The molecule has 0 spiro atoms. The van der Waals surface area contributed by atoms with Crippen molar-refractivity contribution in [3.63, 3.8) is 0 Å². The second-order valence-electron chi connectivity index (χ2n) is 6.32. The summed E-state index contributed by atoms with van der Waals surface area (Å²) in [6.45, 7) is 3.95. The van der Waals surface area contributed by atoms with E-state index in [1.807, 2.05) is 0 Å². The van der Waals surface area contributed by atoms with Crippen LogP contribution in [0, 0.1) is 0 Å². The predicted octanol–water partition coefficient (Wildman–Crippen LogP) is 2.49. The molecule has 19 heavy (non-hydrogen) atoms. The lowest BCUT2D eigenvalue weighted by Gasteiger charge is -2.38. The fraction of sp³-hybridized carbons (Fsp3) is 0.933. The third-order valence-corrected chi connectivity index (χ3v) is 4.57. The summed E-state index contributed by atoms with van der Waals surface area (Å²) in [4.78, 5) is 11.9. The van der Waals surface area contributed by atoms with Gasteiger partial charge in [0.15, 0.2) is 5.72 Å². The average molecular weight is 269 g/mol. The number of aliphatic hydroxyl groups is 1. The van der Waals surface area contributed by atoms with Crippen LogP contribution >= 0.6 is 0 Å². The number of nitrogens with one attached hydrogen (secondary N) is 1. The normalized spacial score (nSPS) is 36.7. The van der Waals surface area contributed by atoms with E-state index in [0.717, 1.165) is 25.7 Å². The molecular formula is C15H27NO3. The molecule has 0 saturated carbocycles. The van der Waals surface area contributed by atoms with Gasteiger partial charge in [0.1, 0.15) is 5.60 Å². The first kappa shape index (κ1) is 14.8. The summed E-state index contributed by atoms with van der Waals surface area (Å²) < 4.78 is 5.61. The first-order valence-corrected chi connectivity index (χ1v) is 7.71. The van der Waals surface area contributed by atoms with Crippen LogP contribution in [0.4, 0.5) is 0 Å². The molecule has 2 rings (SSSR count). The predicted molar refractivity (Wildman–Crippen MR) is 73.6 cm³/mol. The van der Waals surface area contributed by atoms with Crippen molar-refractivity contribution < 1.29 is 14.6 Å². The van der Waals surface area contributed by atoms with E-state index in [-0.39, 0.29) is 5.97 Å². The summed E-state index contributed by atoms with van der Waals surface area (Å²) in [6.07, 6.45) is 8.46. The number of fused-ring (bicyclic) bond motifs is 2. The van der Waals surface area contributed by atoms with Crippen LogP contribution in [0.15, 0.2) is 0 Å². The molecule has 3 atom stereocenters. The van der Waals surface area contributed by atoms with Crippen LogP contribution in [-0.4, -0.2) is 28.4 Å². The standard InChI is InChI=1S/C15H27NO3/c1-3-4-5-6-7-8-13(17)19-15-10-9-12(16-15)11-14(15,2)18/h12,16,18H,3-11H2,1-2H3. The van der Waals surface area contributed by atoms with Crippen molar-refractivity contribution in [1.82, 2.24) is 5.32 Å². The highest BCUT2D eigenvalue weighted by Gasteiger charge is 2.61. The number of carbonyl (C=O) groups is 1. The van der Waals surface area contributed by atoms with Gasteiger partial charge < -0.3 is 9.84 Å². The van der Waals surface area contributed by atoms with Crippen molar-refractivity contribution in [2.24, 2.45) is 0 Å². The molecule has 3 unspecified atom stereocenters. The molecule has 2 fully saturated rings. The average Bonchev–Trinajstić information content (AvgIpc) is 2.82. The zero-order valence-electron chi connectivity index (χ0n) is 12.2. The first-order chi connectivity index (χ1) is 8.99. The highest BCUT2D eigenvalue weighted by atomic mass is 16.6. The van der Waals surface area contributed by atoms with Gasteiger partial charge in [-0.1, -0.05) is 32.6 Å². The van der Waals surface area contributed by atoms with E-state index in [2.05, 4.69) is 12.2 Å². The second kappa shape index (κ2) is 5.80. The van der Waals surface area contributed by atoms with Crippen LogP contribution < -0.4 is 5.32 Å². The number of ether oxygens (including phenoxy) is 1. The lowest BCUT2D eigenvalue weighted by atomic mass is 9.83. The smallest absolute Gasteiger partial charge is 0.307 e. The zero-order chi connectivity index (χ0) is 13.9. The Morgan fingerprint density at radius 2 is 2.11 bits per heavy atom. The fourth-order valence-electron chi connectivity index (χ4n) is 3.38. The maximum absolute atomic E-state index is 11.9. The van der Waals surface area contributed by atoms with Crippen LogP contribution in [0.2, 0.25) is 0 Å². The Labute approximate surface area is 115 Å². The zero-order valence-corrected chi connectivity index (χ0v) is 12.2. The van der Waals surface area contributed by atoms with E-state index >= 15 is 0 Å². The van der Waals surface area contributed by atoms with Gasteiger partial charge in [-0.15, -0.1) is 0 Å². The first-order valence-electron chi connectivity index (χ1n) is 7.71. The number of hydrogen-bond donors (Lipinski definition) is 2. The second-order valence-corrected chi connectivity index (χ2v) is 6.32. The lowest BCUT2D eigenvalue weighted by Crippen LogP contribution is -2.56. The van der Waals surface area contributed by atoms with Crippen molar-refractivity contribution in [2.45, 2.75) is 89.0 Å². The molecule has 2 aliphatic rings. The molecular weight excluding hydrogens is 242 g/mol. The summed E-state index contributed by atoms with van der Waals surface area (Å²) in [5, 5.41) is 13.7. The molecule has 0 aromatic heterocycles. The highest BCUT2D eigenvalue weighted by Crippen LogP contribution is 2.45. The van der Waals surface area contributed by atoms with E-state index in [1.54, 1.807) is 6.92 Å². The Morgan fingerprint density at radius 1 is 1.37 bits per heavy atom. The van der Waals surface area contributed by atoms with Crippen molar-refractivity contribution in [3.8, 4) is 0 Å². The van der Waals surface area contributed by atoms with Crippen LogP contribution in [0.25, 0.3) is 0 Å². The summed E-state index contributed by atoms with van der Waals surface area (Å²) in [7, 11) is 0. The molecule has 2 saturated heterocycles. The Balaban J connectivity index is 1.76. The number of unbranched alkanes of at least 4 members (excludes halogenated alkanes) is 4. The SMILES string of the molecule is CCCCCCCC(=O)OC12CCC(CC1(C)O)N2.